The van der Waals surface area contributed by atoms with Crippen LogP contribution < -0.4 is 5.32 Å². The molecule has 17 heavy (non-hydrogen) atoms. The Labute approximate surface area is 102 Å². The van der Waals surface area contributed by atoms with Gasteiger partial charge >= 0.3 is 0 Å². The van der Waals surface area contributed by atoms with Gasteiger partial charge in [-0.3, -0.25) is 4.79 Å². The molecule has 1 atom stereocenters. The third kappa shape index (κ3) is 4.28. The van der Waals surface area contributed by atoms with Gasteiger partial charge in [0.1, 0.15) is 0 Å². The first-order valence-corrected chi connectivity index (χ1v) is 5.82. The van der Waals surface area contributed by atoms with Gasteiger partial charge in [0.2, 0.25) is 5.91 Å². The van der Waals surface area contributed by atoms with Crippen LogP contribution >= 0.6 is 0 Å². The lowest BCUT2D eigenvalue weighted by Crippen LogP contribution is -2.27. The lowest BCUT2D eigenvalue weighted by Gasteiger charge is -2.15. The maximum Gasteiger partial charge on any atom is 0.220 e. The van der Waals surface area contributed by atoms with E-state index in [0.717, 1.165) is 5.56 Å². The van der Waals surface area contributed by atoms with E-state index in [4.69, 9.17) is 5.26 Å². The Morgan fingerprint density at radius 2 is 1.88 bits per heavy atom. The van der Waals surface area contributed by atoms with Crippen LogP contribution in [0.3, 0.4) is 0 Å². The molecule has 0 aliphatic heterocycles. The van der Waals surface area contributed by atoms with E-state index in [9.17, 15) is 4.79 Å². The Morgan fingerprint density at radius 3 is 2.35 bits per heavy atom. The van der Waals surface area contributed by atoms with Crippen LogP contribution in [-0.2, 0) is 4.79 Å². The highest BCUT2D eigenvalue weighted by Gasteiger charge is 2.10. The SMILES string of the molecule is CC(C)CC(=O)NC(C)c1ccc(C#N)cc1. The predicted molar refractivity (Wildman–Crippen MR) is 67.2 cm³/mol. The second-order valence-corrected chi connectivity index (χ2v) is 4.62. The maximum atomic E-state index is 11.6. The van der Waals surface area contributed by atoms with Crippen molar-refractivity contribution >= 4 is 5.91 Å². The molecule has 1 unspecified atom stereocenters. The normalized spacial score (nSPS) is 11.9. The zero-order valence-electron chi connectivity index (χ0n) is 10.5. The summed E-state index contributed by atoms with van der Waals surface area (Å²) < 4.78 is 0. The molecule has 1 amide bonds. The molecule has 1 rings (SSSR count). The van der Waals surface area contributed by atoms with Gasteiger partial charge in [0, 0.05) is 6.42 Å². The second kappa shape index (κ2) is 6.05. The van der Waals surface area contributed by atoms with E-state index in [1.807, 2.05) is 32.9 Å². The van der Waals surface area contributed by atoms with Gasteiger partial charge in [-0.1, -0.05) is 26.0 Å². The van der Waals surface area contributed by atoms with Crippen molar-refractivity contribution in [3.63, 3.8) is 0 Å². The number of hydrogen-bond donors (Lipinski definition) is 1. The van der Waals surface area contributed by atoms with E-state index in [2.05, 4.69) is 11.4 Å². The van der Waals surface area contributed by atoms with Gasteiger partial charge in [-0.2, -0.15) is 5.26 Å². The Hall–Kier alpha value is -1.82. The highest BCUT2D eigenvalue weighted by molar-refractivity contribution is 5.76. The Bertz CT molecular complexity index is 415. The van der Waals surface area contributed by atoms with Gasteiger partial charge in [-0.15, -0.1) is 0 Å². The molecule has 0 fully saturated rings. The van der Waals surface area contributed by atoms with Crippen LogP contribution in [0.15, 0.2) is 24.3 Å². The van der Waals surface area contributed by atoms with E-state index < -0.39 is 0 Å². The number of nitrogens with one attached hydrogen (secondary N) is 1. The fraction of sp³-hybridized carbons (Fsp3) is 0.429. The fourth-order valence-corrected chi connectivity index (χ4v) is 1.60. The van der Waals surface area contributed by atoms with Crippen LogP contribution in [0.4, 0.5) is 0 Å². The van der Waals surface area contributed by atoms with Crippen LogP contribution in [0.1, 0.15) is 44.4 Å². The first kappa shape index (κ1) is 13.2. The lowest BCUT2D eigenvalue weighted by molar-refractivity contribution is -0.122. The molecule has 0 saturated heterocycles. The van der Waals surface area contributed by atoms with Crippen molar-refractivity contribution in [3.05, 3.63) is 35.4 Å². The summed E-state index contributed by atoms with van der Waals surface area (Å²) in [7, 11) is 0. The van der Waals surface area contributed by atoms with Crippen LogP contribution in [-0.4, -0.2) is 5.91 Å². The minimum atomic E-state index is -0.0195. The number of nitriles is 1. The van der Waals surface area contributed by atoms with Gasteiger partial charge < -0.3 is 5.32 Å². The van der Waals surface area contributed by atoms with Gasteiger partial charge in [0.05, 0.1) is 17.7 Å². The summed E-state index contributed by atoms with van der Waals surface area (Å²) >= 11 is 0. The summed E-state index contributed by atoms with van der Waals surface area (Å²) in [6.07, 6.45) is 0.542. The van der Waals surface area contributed by atoms with Crippen molar-refractivity contribution in [2.75, 3.05) is 0 Å². The molecule has 0 bridgehead atoms. The van der Waals surface area contributed by atoms with Gasteiger partial charge in [0.15, 0.2) is 0 Å². The van der Waals surface area contributed by atoms with Gasteiger partial charge in [-0.05, 0) is 30.5 Å². The number of carbonyl (C=O) groups is 1. The summed E-state index contributed by atoms with van der Waals surface area (Å²) in [6, 6.07) is 9.33. The summed E-state index contributed by atoms with van der Waals surface area (Å²) in [5.41, 5.74) is 1.65. The molecule has 1 aromatic carbocycles. The largest absolute Gasteiger partial charge is 0.350 e. The molecule has 0 aliphatic carbocycles. The molecule has 1 N–H and O–H groups in total. The molecule has 0 saturated carbocycles. The number of amides is 1. The average Bonchev–Trinajstić information content (AvgIpc) is 2.28. The topological polar surface area (TPSA) is 52.9 Å². The zero-order valence-corrected chi connectivity index (χ0v) is 10.5. The molecule has 1 aromatic rings. The maximum absolute atomic E-state index is 11.6. The van der Waals surface area contributed by atoms with E-state index >= 15 is 0 Å². The molecular weight excluding hydrogens is 212 g/mol. The molecular formula is C14H18N2O. The van der Waals surface area contributed by atoms with Crippen LogP contribution in [0.2, 0.25) is 0 Å². The van der Waals surface area contributed by atoms with Gasteiger partial charge in [-0.25, -0.2) is 0 Å². The van der Waals surface area contributed by atoms with Crippen LogP contribution in [0.5, 0.6) is 0 Å². The third-order valence-electron chi connectivity index (χ3n) is 2.51. The van der Waals surface area contributed by atoms with E-state index in [1.54, 1.807) is 12.1 Å². The quantitative estimate of drug-likeness (QED) is 0.864. The van der Waals surface area contributed by atoms with Crippen molar-refractivity contribution in [1.29, 1.82) is 5.26 Å². The van der Waals surface area contributed by atoms with Crippen molar-refractivity contribution in [2.24, 2.45) is 5.92 Å². The molecule has 3 heteroatoms. The minimum Gasteiger partial charge on any atom is -0.350 e. The van der Waals surface area contributed by atoms with Gasteiger partial charge in [0.25, 0.3) is 0 Å². The molecule has 0 heterocycles. The van der Waals surface area contributed by atoms with E-state index in [0.29, 0.717) is 17.9 Å². The summed E-state index contributed by atoms with van der Waals surface area (Å²) in [5.74, 6) is 0.431. The highest BCUT2D eigenvalue weighted by atomic mass is 16.1. The van der Waals surface area contributed by atoms with Crippen molar-refractivity contribution in [1.82, 2.24) is 5.32 Å². The van der Waals surface area contributed by atoms with Crippen molar-refractivity contribution in [3.8, 4) is 6.07 Å². The smallest absolute Gasteiger partial charge is 0.220 e. The van der Waals surface area contributed by atoms with Crippen LogP contribution in [0, 0.1) is 17.2 Å². The van der Waals surface area contributed by atoms with E-state index in [1.165, 1.54) is 0 Å². The third-order valence-corrected chi connectivity index (χ3v) is 2.51. The molecule has 3 nitrogen and oxygen atoms in total. The monoisotopic (exact) mass is 230 g/mol. The lowest BCUT2D eigenvalue weighted by atomic mass is 10.1. The number of hydrogen-bond acceptors (Lipinski definition) is 2. The average molecular weight is 230 g/mol. The Kier molecular flexibility index (Phi) is 4.71. The fourth-order valence-electron chi connectivity index (χ4n) is 1.60. The highest BCUT2D eigenvalue weighted by Crippen LogP contribution is 2.13. The number of carbonyl (C=O) groups excluding carboxylic acids is 1. The van der Waals surface area contributed by atoms with Crippen molar-refractivity contribution in [2.45, 2.75) is 33.2 Å². The molecule has 0 aromatic heterocycles. The zero-order chi connectivity index (χ0) is 12.8. The molecule has 0 spiro atoms. The molecule has 0 radical (unpaired) electrons. The van der Waals surface area contributed by atoms with Crippen LogP contribution in [0.25, 0.3) is 0 Å². The number of rotatable bonds is 4. The first-order chi connectivity index (χ1) is 8.02. The molecule has 0 aliphatic rings. The second-order valence-electron chi connectivity index (χ2n) is 4.62. The number of benzene rings is 1. The minimum absolute atomic E-state index is 0.0195. The first-order valence-electron chi connectivity index (χ1n) is 5.82. The summed E-state index contributed by atoms with van der Waals surface area (Å²) in [6.45, 7) is 5.98. The summed E-state index contributed by atoms with van der Waals surface area (Å²) in [5, 5.41) is 11.6. The molecule has 90 valence electrons. The van der Waals surface area contributed by atoms with E-state index in [-0.39, 0.29) is 11.9 Å². The Balaban J connectivity index is 2.60. The predicted octanol–water partition coefficient (Wildman–Crippen LogP) is 2.78. The van der Waals surface area contributed by atoms with Crippen molar-refractivity contribution < 1.29 is 4.79 Å². The number of nitrogens with zero attached hydrogens (tertiary/aromatic N) is 1. The Morgan fingerprint density at radius 1 is 1.29 bits per heavy atom. The summed E-state index contributed by atoms with van der Waals surface area (Å²) in [4.78, 5) is 11.6. The standard InChI is InChI=1S/C14H18N2O/c1-10(2)8-14(17)16-11(3)13-6-4-12(9-15)5-7-13/h4-7,10-11H,8H2,1-3H3,(H,16,17).